The summed E-state index contributed by atoms with van der Waals surface area (Å²) < 4.78 is 18.9. The van der Waals surface area contributed by atoms with Crippen LogP contribution < -0.4 is 5.32 Å². The van der Waals surface area contributed by atoms with Crippen LogP contribution in [-0.2, 0) is 0 Å². The molecule has 0 saturated heterocycles. The smallest absolute Gasteiger partial charge is 0.243 e. The van der Waals surface area contributed by atoms with Crippen LogP contribution in [0.3, 0.4) is 0 Å². The van der Waals surface area contributed by atoms with Crippen LogP contribution in [0.15, 0.2) is 53.1 Å². The number of aromatic nitrogens is 2. The van der Waals surface area contributed by atoms with E-state index >= 15 is 0 Å². The Morgan fingerprint density at radius 1 is 1.04 bits per heavy atom. The Labute approximate surface area is 153 Å². The maximum atomic E-state index is 13.5. The number of nitrogens with zero attached hydrogens (tertiary/aromatic N) is 2. The highest BCUT2D eigenvalue weighted by Crippen LogP contribution is 2.26. The van der Waals surface area contributed by atoms with Gasteiger partial charge in [0.15, 0.2) is 0 Å². The topological polar surface area (TPSA) is 51.0 Å². The van der Waals surface area contributed by atoms with Crippen LogP contribution in [0.5, 0.6) is 0 Å². The summed E-state index contributed by atoms with van der Waals surface area (Å²) in [5.74, 6) is 1.15. The summed E-state index contributed by atoms with van der Waals surface area (Å²) >= 11 is 0. The van der Waals surface area contributed by atoms with Gasteiger partial charge in [-0.1, -0.05) is 49.3 Å². The van der Waals surface area contributed by atoms with Crippen LogP contribution in [-0.4, -0.2) is 10.1 Å². The molecular formula is C21H24FN3O. The number of halogens is 1. The van der Waals surface area contributed by atoms with E-state index < -0.39 is 0 Å². The molecule has 0 spiro atoms. The van der Waals surface area contributed by atoms with Crippen LogP contribution in [0, 0.1) is 18.7 Å². The lowest BCUT2D eigenvalue weighted by molar-refractivity contribution is 0.301. The molecular weight excluding hydrogens is 329 g/mol. The molecule has 136 valence electrons. The largest absolute Gasteiger partial charge is 0.337 e. The van der Waals surface area contributed by atoms with Gasteiger partial charge in [-0.05, 0) is 49.1 Å². The van der Waals surface area contributed by atoms with Gasteiger partial charge in [-0.25, -0.2) is 4.39 Å². The van der Waals surface area contributed by atoms with E-state index in [1.54, 1.807) is 19.1 Å². The Hall–Kier alpha value is -2.53. The van der Waals surface area contributed by atoms with Gasteiger partial charge in [-0.3, -0.25) is 5.32 Å². The average molecular weight is 353 g/mol. The van der Waals surface area contributed by atoms with Gasteiger partial charge in [0.1, 0.15) is 5.82 Å². The molecule has 0 fully saturated rings. The van der Waals surface area contributed by atoms with Crippen molar-refractivity contribution in [1.29, 1.82) is 0 Å². The zero-order valence-electron chi connectivity index (χ0n) is 15.5. The normalized spacial score (nSPS) is 13.8. The minimum Gasteiger partial charge on any atom is -0.337 e. The van der Waals surface area contributed by atoms with Crippen molar-refractivity contribution < 1.29 is 8.91 Å². The SMILES string of the molecule is Cc1cc(-c2noc(C(C)NC(c3ccccc3)C(C)C)n2)ccc1F. The number of nitrogens with one attached hydrogen (secondary N) is 1. The first kappa shape index (κ1) is 18.3. The molecule has 4 nitrogen and oxygen atoms in total. The monoisotopic (exact) mass is 353 g/mol. The van der Waals surface area contributed by atoms with Gasteiger partial charge in [0.25, 0.3) is 0 Å². The van der Waals surface area contributed by atoms with Crippen LogP contribution >= 0.6 is 0 Å². The van der Waals surface area contributed by atoms with Gasteiger partial charge in [0, 0.05) is 11.6 Å². The van der Waals surface area contributed by atoms with Gasteiger partial charge in [-0.2, -0.15) is 4.98 Å². The zero-order valence-corrected chi connectivity index (χ0v) is 15.5. The van der Waals surface area contributed by atoms with Gasteiger partial charge >= 0.3 is 0 Å². The number of aryl methyl sites for hydroxylation is 1. The predicted molar refractivity (Wildman–Crippen MR) is 100 cm³/mol. The first-order chi connectivity index (χ1) is 12.5. The van der Waals surface area contributed by atoms with Crippen LogP contribution in [0.25, 0.3) is 11.4 Å². The van der Waals surface area contributed by atoms with Crippen molar-refractivity contribution in [3.8, 4) is 11.4 Å². The van der Waals surface area contributed by atoms with E-state index in [-0.39, 0.29) is 17.9 Å². The minimum atomic E-state index is -0.241. The highest BCUT2D eigenvalue weighted by atomic mass is 19.1. The van der Waals surface area contributed by atoms with Gasteiger partial charge in [-0.15, -0.1) is 0 Å². The maximum absolute atomic E-state index is 13.5. The zero-order chi connectivity index (χ0) is 18.7. The fourth-order valence-corrected chi connectivity index (χ4v) is 2.99. The third kappa shape index (κ3) is 3.99. The van der Waals surface area contributed by atoms with Crippen molar-refractivity contribution in [3.05, 3.63) is 71.4 Å². The fourth-order valence-electron chi connectivity index (χ4n) is 2.99. The number of hydrogen-bond acceptors (Lipinski definition) is 4. The molecule has 0 radical (unpaired) electrons. The van der Waals surface area contributed by atoms with E-state index in [1.165, 1.54) is 11.6 Å². The Kier molecular flexibility index (Phi) is 5.47. The highest BCUT2D eigenvalue weighted by Gasteiger charge is 2.22. The molecule has 3 rings (SSSR count). The van der Waals surface area contributed by atoms with Crippen molar-refractivity contribution >= 4 is 0 Å². The Balaban J connectivity index is 1.78. The standard InChI is InChI=1S/C21H24FN3O/c1-13(2)19(16-8-6-5-7-9-16)23-15(4)21-24-20(25-26-21)17-10-11-18(22)14(3)12-17/h5-13,15,19,23H,1-4H3. The summed E-state index contributed by atoms with van der Waals surface area (Å²) in [5.41, 5.74) is 2.53. The summed E-state index contributed by atoms with van der Waals surface area (Å²) in [5, 5.41) is 7.63. The average Bonchev–Trinajstić information content (AvgIpc) is 3.12. The lowest BCUT2D eigenvalue weighted by Gasteiger charge is -2.25. The van der Waals surface area contributed by atoms with E-state index in [1.807, 2.05) is 25.1 Å². The molecule has 2 unspecified atom stereocenters. The molecule has 1 aromatic heterocycles. The van der Waals surface area contributed by atoms with Crippen LogP contribution in [0.1, 0.15) is 49.9 Å². The van der Waals surface area contributed by atoms with E-state index in [4.69, 9.17) is 4.52 Å². The summed E-state index contributed by atoms with van der Waals surface area (Å²) in [7, 11) is 0. The van der Waals surface area contributed by atoms with Crippen molar-refractivity contribution in [2.45, 2.75) is 39.8 Å². The maximum Gasteiger partial charge on any atom is 0.243 e. The van der Waals surface area contributed by atoms with Gasteiger partial charge < -0.3 is 4.52 Å². The lowest BCUT2D eigenvalue weighted by atomic mass is 9.95. The number of rotatable bonds is 6. The molecule has 0 bridgehead atoms. The highest BCUT2D eigenvalue weighted by molar-refractivity contribution is 5.55. The summed E-state index contributed by atoms with van der Waals surface area (Å²) in [6.07, 6.45) is 0. The first-order valence-electron chi connectivity index (χ1n) is 8.87. The molecule has 2 atom stereocenters. The summed E-state index contributed by atoms with van der Waals surface area (Å²) in [6.45, 7) is 8.08. The van der Waals surface area contributed by atoms with Crippen LogP contribution in [0.4, 0.5) is 4.39 Å². The van der Waals surface area contributed by atoms with Crippen LogP contribution in [0.2, 0.25) is 0 Å². The second kappa shape index (κ2) is 7.79. The molecule has 0 aliphatic carbocycles. The third-order valence-corrected chi connectivity index (χ3v) is 4.48. The molecule has 3 aromatic rings. The Morgan fingerprint density at radius 3 is 2.42 bits per heavy atom. The van der Waals surface area contributed by atoms with E-state index in [0.717, 1.165) is 5.56 Å². The quantitative estimate of drug-likeness (QED) is 0.659. The molecule has 0 aliphatic heterocycles. The molecule has 5 heteroatoms. The molecule has 0 aliphatic rings. The Bertz CT molecular complexity index is 861. The van der Waals surface area contributed by atoms with Crippen molar-refractivity contribution in [3.63, 3.8) is 0 Å². The van der Waals surface area contributed by atoms with Crippen molar-refractivity contribution in [2.75, 3.05) is 0 Å². The van der Waals surface area contributed by atoms with E-state index in [0.29, 0.717) is 23.2 Å². The molecule has 2 aromatic carbocycles. The minimum absolute atomic E-state index is 0.106. The van der Waals surface area contributed by atoms with Gasteiger partial charge in [0.2, 0.25) is 11.7 Å². The number of benzene rings is 2. The van der Waals surface area contributed by atoms with Crippen molar-refractivity contribution in [2.24, 2.45) is 5.92 Å². The molecule has 1 N–H and O–H groups in total. The second-order valence-electron chi connectivity index (χ2n) is 6.94. The summed E-state index contributed by atoms with van der Waals surface area (Å²) in [6, 6.07) is 15.2. The first-order valence-corrected chi connectivity index (χ1v) is 8.87. The molecule has 26 heavy (non-hydrogen) atoms. The Morgan fingerprint density at radius 2 is 1.77 bits per heavy atom. The molecule has 1 heterocycles. The number of hydrogen-bond donors (Lipinski definition) is 1. The molecule has 0 saturated carbocycles. The summed E-state index contributed by atoms with van der Waals surface area (Å²) in [4.78, 5) is 4.49. The molecule has 0 amide bonds. The van der Waals surface area contributed by atoms with Crippen molar-refractivity contribution in [1.82, 2.24) is 15.5 Å². The lowest BCUT2D eigenvalue weighted by Crippen LogP contribution is -2.28. The van der Waals surface area contributed by atoms with E-state index in [9.17, 15) is 4.39 Å². The van der Waals surface area contributed by atoms with Gasteiger partial charge in [0.05, 0.1) is 6.04 Å². The van der Waals surface area contributed by atoms with E-state index in [2.05, 4.69) is 41.4 Å². The second-order valence-corrected chi connectivity index (χ2v) is 6.94. The predicted octanol–water partition coefficient (Wildman–Crippen LogP) is 5.23. The third-order valence-electron chi connectivity index (χ3n) is 4.48. The fraction of sp³-hybridized carbons (Fsp3) is 0.333.